The minimum Gasteiger partial charge on any atom is -0.364 e. The molecule has 7 nitrogen and oxygen atoms in total. The Labute approximate surface area is 173 Å². The van der Waals surface area contributed by atoms with Crippen molar-refractivity contribution in [1.82, 2.24) is 15.4 Å². The Morgan fingerprint density at radius 2 is 1.70 bits per heavy atom. The van der Waals surface area contributed by atoms with Crippen molar-refractivity contribution in [3.63, 3.8) is 0 Å². The molecule has 30 heavy (non-hydrogen) atoms. The number of nitrogens with zero attached hydrogens (tertiary/aromatic N) is 1. The molecule has 2 heterocycles. The van der Waals surface area contributed by atoms with Crippen LogP contribution in [0.25, 0.3) is 21.8 Å². The van der Waals surface area contributed by atoms with Crippen molar-refractivity contribution in [1.29, 1.82) is 0 Å². The van der Waals surface area contributed by atoms with Gasteiger partial charge in [0.1, 0.15) is 5.69 Å². The number of aromatic nitrogens is 2. The van der Waals surface area contributed by atoms with Crippen LogP contribution in [0, 0.1) is 0 Å². The molecule has 5 N–H and O–H groups in total. The monoisotopic (exact) mass is 401 g/mol. The van der Waals surface area contributed by atoms with E-state index < -0.39 is 11.8 Å². The highest BCUT2D eigenvalue weighted by Crippen LogP contribution is 2.28. The largest absolute Gasteiger partial charge is 0.364 e. The van der Waals surface area contributed by atoms with E-state index in [4.69, 9.17) is 5.73 Å². The van der Waals surface area contributed by atoms with Crippen LogP contribution >= 0.6 is 0 Å². The fraction of sp³-hybridized carbons (Fsp3) is 0.174. The van der Waals surface area contributed by atoms with E-state index in [-0.39, 0.29) is 16.8 Å². The number of hydrogen-bond donors (Lipinski definition) is 4. The zero-order valence-electron chi connectivity index (χ0n) is 17.0. The van der Waals surface area contributed by atoms with Gasteiger partial charge in [0, 0.05) is 16.3 Å². The van der Waals surface area contributed by atoms with Gasteiger partial charge >= 0.3 is 0 Å². The molecule has 0 bridgehead atoms. The summed E-state index contributed by atoms with van der Waals surface area (Å²) < 4.78 is 0. The fourth-order valence-corrected chi connectivity index (χ4v) is 3.38. The summed E-state index contributed by atoms with van der Waals surface area (Å²) in [7, 11) is 0. The second kappa shape index (κ2) is 7.18. The van der Waals surface area contributed by atoms with Crippen molar-refractivity contribution in [2.24, 2.45) is 5.73 Å². The van der Waals surface area contributed by atoms with Crippen LogP contribution in [0.5, 0.6) is 0 Å². The lowest BCUT2D eigenvalue weighted by atomic mass is 9.87. The van der Waals surface area contributed by atoms with Crippen molar-refractivity contribution in [3.8, 4) is 0 Å². The number of fused-ring (bicyclic) bond motifs is 3. The zero-order valence-corrected chi connectivity index (χ0v) is 17.0. The van der Waals surface area contributed by atoms with Gasteiger partial charge < -0.3 is 10.7 Å². The standard InChI is InChI=1S/C23H23N5O2/c1-23(2,3)13-8-10-14(11-9-13)27-28-22(30)20-19-16(12-18(26-20)21(24)29)15-6-4-5-7-17(15)25-19/h4-12,25,27H,1-3H3,(H2,24,29)(H,28,30). The van der Waals surface area contributed by atoms with Crippen molar-refractivity contribution < 1.29 is 9.59 Å². The minimum atomic E-state index is -0.693. The van der Waals surface area contributed by atoms with E-state index in [1.807, 2.05) is 48.5 Å². The zero-order chi connectivity index (χ0) is 21.5. The van der Waals surface area contributed by atoms with Crippen LogP contribution in [0.1, 0.15) is 47.3 Å². The molecule has 0 fully saturated rings. The van der Waals surface area contributed by atoms with E-state index in [9.17, 15) is 9.59 Å². The number of carbonyl (C=O) groups is 2. The normalized spacial score (nSPS) is 11.6. The van der Waals surface area contributed by atoms with Crippen LogP contribution in [0.2, 0.25) is 0 Å². The first-order valence-electron chi connectivity index (χ1n) is 9.62. The van der Waals surface area contributed by atoms with Gasteiger partial charge in [0.15, 0.2) is 5.69 Å². The van der Waals surface area contributed by atoms with Gasteiger partial charge in [0.25, 0.3) is 11.8 Å². The van der Waals surface area contributed by atoms with Crippen LogP contribution in [-0.4, -0.2) is 21.8 Å². The molecule has 2 amide bonds. The number of amides is 2. The van der Waals surface area contributed by atoms with E-state index in [0.717, 1.165) is 16.6 Å². The van der Waals surface area contributed by atoms with Gasteiger partial charge in [-0.15, -0.1) is 0 Å². The van der Waals surface area contributed by atoms with Crippen LogP contribution in [0.15, 0.2) is 54.6 Å². The predicted molar refractivity (Wildman–Crippen MR) is 118 cm³/mol. The maximum atomic E-state index is 12.9. The molecule has 0 saturated carbocycles. The Morgan fingerprint density at radius 1 is 1.00 bits per heavy atom. The Kier molecular flexibility index (Phi) is 4.66. The molecule has 4 rings (SSSR count). The summed E-state index contributed by atoms with van der Waals surface area (Å²) in [5.74, 6) is -1.17. The number of rotatable bonds is 4. The van der Waals surface area contributed by atoms with Crippen molar-refractivity contribution in [2.75, 3.05) is 5.43 Å². The Balaban J connectivity index is 1.66. The van der Waals surface area contributed by atoms with E-state index >= 15 is 0 Å². The summed E-state index contributed by atoms with van der Waals surface area (Å²) in [6.45, 7) is 6.42. The SMILES string of the molecule is CC(C)(C)c1ccc(NNC(=O)c2nc(C(N)=O)cc3c2[nH]c2ccccc23)cc1. The highest BCUT2D eigenvalue weighted by atomic mass is 16.2. The maximum Gasteiger partial charge on any atom is 0.290 e. The highest BCUT2D eigenvalue weighted by Gasteiger charge is 2.19. The highest BCUT2D eigenvalue weighted by molar-refractivity contribution is 6.15. The van der Waals surface area contributed by atoms with Gasteiger partial charge in [-0.25, -0.2) is 4.98 Å². The Morgan fingerprint density at radius 3 is 2.37 bits per heavy atom. The number of primary amides is 1. The summed E-state index contributed by atoms with van der Waals surface area (Å²) >= 11 is 0. The number of nitrogens with one attached hydrogen (secondary N) is 3. The van der Waals surface area contributed by atoms with E-state index in [1.165, 1.54) is 5.56 Å². The van der Waals surface area contributed by atoms with Crippen molar-refractivity contribution >= 4 is 39.3 Å². The number of para-hydroxylation sites is 1. The third kappa shape index (κ3) is 3.57. The number of hydrazine groups is 1. The first kappa shape index (κ1) is 19.4. The molecule has 0 atom stereocenters. The number of carbonyl (C=O) groups excluding carboxylic acids is 2. The molecule has 0 aliphatic heterocycles. The van der Waals surface area contributed by atoms with Crippen molar-refractivity contribution in [3.05, 3.63) is 71.5 Å². The van der Waals surface area contributed by atoms with Gasteiger partial charge in [0.2, 0.25) is 0 Å². The molecule has 4 aromatic rings. The molecule has 0 aliphatic rings. The smallest absolute Gasteiger partial charge is 0.290 e. The van der Waals surface area contributed by atoms with E-state index in [2.05, 4.69) is 41.6 Å². The summed E-state index contributed by atoms with van der Waals surface area (Å²) in [6.07, 6.45) is 0. The first-order chi connectivity index (χ1) is 14.2. The van der Waals surface area contributed by atoms with Crippen molar-refractivity contribution in [2.45, 2.75) is 26.2 Å². The average molecular weight is 401 g/mol. The molecule has 0 saturated heterocycles. The molecule has 0 radical (unpaired) electrons. The molecule has 0 aliphatic carbocycles. The van der Waals surface area contributed by atoms with Gasteiger partial charge in [-0.1, -0.05) is 51.1 Å². The number of nitrogens with two attached hydrogens (primary N) is 1. The molecule has 7 heteroatoms. The summed E-state index contributed by atoms with van der Waals surface area (Å²) in [6, 6.07) is 17.0. The maximum absolute atomic E-state index is 12.9. The molecule has 152 valence electrons. The molecular weight excluding hydrogens is 378 g/mol. The van der Waals surface area contributed by atoms with Gasteiger partial charge in [0.05, 0.1) is 11.2 Å². The second-order valence-corrected chi connectivity index (χ2v) is 8.22. The summed E-state index contributed by atoms with van der Waals surface area (Å²) in [4.78, 5) is 32.1. The molecule has 2 aromatic heterocycles. The lowest BCUT2D eigenvalue weighted by molar-refractivity contribution is 0.0959. The molecule has 0 spiro atoms. The van der Waals surface area contributed by atoms with E-state index in [0.29, 0.717) is 10.9 Å². The van der Waals surface area contributed by atoms with Crippen LogP contribution in [0.3, 0.4) is 0 Å². The lowest BCUT2D eigenvalue weighted by Gasteiger charge is -2.19. The minimum absolute atomic E-state index is 0.0342. The summed E-state index contributed by atoms with van der Waals surface area (Å²) in [5, 5.41) is 1.60. The molecule has 2 aromatic carbocycles. The van der Waals surface area contributed by atoms with Gasteiger partial charge in [-0.2, -0.15) is 0 Å². The Bertz CT molecular complexity index is 1270. The first-order valence-corrected chi connectivity index (χ1v) is 9.62. The predicted octanol–water partition coefficient (Wildman–Crippen LogP) is 3.87. The quantitative estimate of drug-likeness (QED) is 0.389. The second-order valence-electron chi connectivity index (χ2n) is 8.22. The van der Waals surface area contributed by atoms with E-state index in [1.54, 1.807) is 6.07 Å². The molecular formula is C23H23N5O2. The van der Waals surface area contributed by atoms with Crippen LogP contribution in [0.4, 0.5) is 5.69 Å². The Hall–Kier alpha value is -3.87. The average Bonchev–Trinajstić information content (AvgIpc) is 3.09. The number of H-pyrrole nitrogens is 1. The third-order valence-electron chi connectivity index (χ3n) is 5.04. The number of hydrogen-bond acceptors (Lipinski definition) is 4. The van der Waals surface area contributed by atoms with Crippen LogP contribution < -0.4 is 16.6 Å². The molecule has 0 unspecified atom stereocenters. The summed E-state index contributed by atoms with van der Waals surface area (Å²) in [5.41, 5.74) is 14.5. The third-order valence-corrected chi connectivity index (χ3v) is 5.04. The number of benzene rings is 2. The number of pyridine rings is 1. The number of anilines is 1. The van der Waals surface area contributed by atoms with Gasteiger partial charge in [-0.3, -0.25) is 20.4 Å². The number of aromatic amines is 1. The van der Waals surface area contributed by atoms with Crippen LogP contribution in [-0.2, 0) is 5.41 Å². The topological polar surface area (TPSA) is 113 Å². The lowest BCUT2D eigenvalue weighted by Crippen LogP contribution is -2.31. The van der Waals surface area contributed by atoms with Gasteiger partial charge in [-0.05, 0) is 35.2 Å². The fourth-order valence-electron chi connectivity index (χ4n) is 3.38.